The fourth-order valence-electron chi connectivity index (χ4n) is 1.76. The summed E-state index contributed by atoms with van der Waals surface area (Å²) in [6.07, 6.45) is 0. The summed E-state index contributed by atoms with van der Waals surface area (Å²) < 4.78 is 5.20. The molecular weight excluding hydrogens is 230 g/mol. The number of benzene rings is 1. The minimum absolute atomic E-state index is 0.677. The normalized spacial score (nSPS) is 10.6. The average Bonchev–Trinajstić information content (AvgIpc) is 2.85. The van der Waals surface area contributed by atoms with Gasteiger partial charge in [-0.25, -0.2) is 0 Å². The second-order valence-electron chi connectivity index (χ2n) is 3.88. The second-order valence-corrected chi connectivity index (χ2v) is 4.92. The van der Waals surface area contributed by atoms with Gasteiger partial charge in [0, 0.05) is 25.1 Å². The van der Waals surface area contributed by atoms with E-state index >= 15 is 0 Å². The summed E-state index contributed by atoms with van der Waals surface area (Å²) in [5.74, 6) is 0. The van der Waals surface area contributed by atoms with E-state index in [-0.39, 0.29) is 0 Å². The third-order valence-electron chi connectivity index (χ3n) is 2.61. The fraction of sp³-hybridized carbons (Fsp3) is 0.286. The van der Waals surface area contributed by atoms with Crippen molar-refractivity contribution in [2.24, 2.45) is 0 Å². The van der Waals surface area contributed by atoms with Crippen molar-refractivity contribution < 1.29 is 4.74 Å². The first-order valence-electron chi connectivity index (χ1n) is 5.69. The van der Waals surface area contributed by atoms with Crippen LogP contribution in [0.5, 0.6) is 0 Å². The molecule has 1 aromatic carbocycles. The summed E-state index contributed by atoms with van der Waals surface area (Å²) in [5, 5.41) is 5.56. The maximum atomic E-state index is 5.20. The molecule has 2 aromatic rings. The highest BCUT2D eigenvalue weighted by molar-refractivity contribution is 7.09. The van der Waals surface area contributed by atoms with Gasteiger partial charge >= 0.3 is 0 Å². The van der Waals surface area contributed by atoms with Crippen LogP contribution in [0, 0.1) is 0 Å². The quantitative estimate of drug-likeness (QED) is 0.846. The molecule has 0 bridgehead atoms. The highest BCUT2D eigenvalue weighted by atomic mass is 32.1. The van der Waals surface area contributed by atoms with Gasteiger partial charge in [-0.15, -0.1) is 11.3 Å². The summed E-state index contributed by atoms with van der Waals surface area (Å²) >= 11 is 1.79. The van der Waals surface area contributed by atoms with Gasteiger partial charge in [-0.05, 0) is 22.6 Å². The molecule has 0 fully saturated rings. The molecular formula is C14H17NOS. The average molecular weight is 247 g/mol. The zero-order chi connectivity index (χ0) is 11.9. The number of nitrogens with one attached hydrogen (secondary N) is 1. The third kappa shape index (κ3) is 3.66. The van der Waals surface area contributed by atoms with Crippen LogP contribution in [0.15, 0.2) is 41.8 Å². The van der Waals surface area contributed by atoms with E-state index in [1.165, 1.54) is 16.0 Å². The van der Waals surface area contributed by atoms with E-state index in [0.29, 0.717) is 6.61 Å². The summed E-state index contributed by atoms with van der Waals surface area (Å²) in [5.41, 5.74) is 2.57. The van der Waals surface area contributed by atoms with Gasteiger partial charge in [-0.3, -0.25) is 0 Å². The molecule has 0 aliphatic heterocycles. The Hall–Kier alpha value is -1.16. The maximum Gasteiger partial charge on any atom is 0.0716 e. The van der Waals surface area contributed by atoms with Gasteiger partial charge in [0.2, 0.25) is 0 Å². The molecule has 3 heteroatoms. The molecule has 0 aliphatic rings. The Bertz CT molecular complexity index is 439. The van der Waals surface area contributed by atoms with Crippen LogP contribution in [0.3, 0.4) is 0 Å². The Morgan fingerprint density at radius 1 is 1.06 bits per heavy atom. The van der Waals surface area contributed by atoms with E-state index in [0.717, 1.165) is 13.1 Å². The molecule has 1 heterocycles. The van der Waals surface area contributed by atoms with E-state index in [4.69, 9.17) is 4.74 Å². The Balaban J connectivity index is 1.89. The molecule has 2 nitrogen and oxygen atoms in total. The summed E-state index contributed by atoms with van der Waals surface area (Å²) in [7, 11) is 1.73. The van der Waals surface area contributed by atoms with Crippen molar-refractivity contribution in [1.82, 2.24) is 5.32 Å². The lowest BCUT2D eigenvalue weighted by molar-refractivity contribution is 0.184. The van der Waals surface area contributed by atoms with Gasteiger partial charge in [0.15, 0.2) is 0 Å². The Morgan fingerprint density at radius 3 is 2.59 bits per heavy atom. The molecule has 0 spiro atoms. The maximum absolute atomic E-state index is 5.20. The first kappa shape index (κ1) is 12.3. The van der Waals surface area contributed by atoms with Crippen LogP contribution in [0.1, 0.15) is 16.0 Å². The van der Waals surface area contributed by atoms with E-state index in [1.807, 2.05) is 0 Å². The van der Waals surface area contributed by atoms with Crippen LogP contribution >= 0.6 is 11.3 Å². The van der Waals surface area contributed by atoms with Crippen LogP contribution in [0.4, 0.5) is 0 Å². The SMILES string of the molecule is COCc1ccccc1CNCc1cccs1. The topological polar surface area (TPSA) is 21.3 Å². The Kier molecular flexibility index (Phi) is 4.74. The van der Waals surface area contributed by atoms with Crippen LogP contribution in [-0.2, 0) is 24.4 Å². The van der Waals surface area contributed by atoms with Crippen molar-refractivity contribution in [3.05, 3.63) is 57.8 Å². The predicted molar refractivity (Wildman–Crippen MR) is 72.0 cm³/mol. The number of rotatable bonds is 6. The van der Waals surface area contributed by atoms with Crippen LogP contribution in [-0.4, -0.2) is 7.11 Å². The monoisotopic (exact) mass is 247 g/mol. The Morgan fingerprint density at radius 2 is 1.88 bits per heavy atom. The third-order valence-corrected chi connectivity index (χ3v) is 3.49. The Labute approximate surface area is 106 Å². The van der Waals surface area contributed by atoms with Gasteiger partial charge in [-0.2, -0.15) is 0 Å². The van der Waals surface area contributed by atoms with Crippen molar-refractivity contribution in [2.75, 3.05) is 7.11 Å². The van der Waals surface area contributed by atoms with Crippen LogP contribution < -0.4 is 5.32 Å². The van der Waals surface area contributed by atoms with Gasteiger partial charge in [0.05, 0.1) is 6.61 Å². The largest absolute Gasteiger partial charge is 0.380 e. The lowest BCUT2D eigenvalue weighted by Gasteiger charge is -2.09. The number of methoxy groups -OCH3 is 1. The molecule has 0 atom stereocenters. The second kappa shape index (κ2) is 6.55. The van der Waals surface area contributed by atoms with E-state index in [9.17, 15) is 0 Å². The first-order chi connectivity index (χ1) is 8.40. The standard InChI is InChI=1S/C14H17NOS/c1-16-11-13-6-3-2-5-12(13)9-15-10-14-7-4-8-17-14/h2-8,15H,9-11H2,1H3. The molecule has 0 saturated carbocycles. The minimum atomic E-state index is 0.677. The molecule has 0 unspecified atom stereocenters. The van der Waals surface area contributed by atoms with Crippen molar-refractivity contribution in [1.29, 1.82) is 0 Å². The summed E-state index contributed by atoms with van der Waals surface area (Å²) in [6.45, 7) is 2.49. The number of ether oxygens (including phenoxy) is 1. The molecule has 2 rings (SSSR count). The van der Waals surface area contributed by atoms with Gasteiger partial charge in [-0.1, -0.05) is 30.3 Å². The summed E-state index contributed by atoms with van der Waals surface area (Å²) in [4.78, 5) is 1.37. The molecule has 17 heavy (non-hydrogen) atoms. The zero-order valence-corrected chi connectivity index (χ0v) is 10.8. The molecule has 0 aliphatic carbocycles. The molecule has 1 N–H and O–H groups in total. The number of hydrogen-bond donors (Lipinski definition) is 1. The summed E-state index contributed by atoms with van der Waals surface area (Å²) in [6, 6.07) is 12.6. The van der Waals surface area contributed by atoms with Crippen molar-refractivity contribution in [2.45, 2.75) is 19.7 Å². The zero-order valence-electron chi connectivity index (χ0n) is 9.98. The smallest absolute Gasteiger partial charge is 0.0716 e. The van der Waals surface area contributed by atoms with Gasteiger partial charge in [0.25, 0.3) is 0 Å². The molecule has 0 radical (unpaired) electrons. The van der Waals surface area contributed by atoms with E-state index < -0.39 is 0 Å². The lowest BCUT2D eigenvalue weighted by atomic mass is 10.1. The van der Waals surface area contributed by atoms with Crippen LogP contribution in [0.2, 0.25) is 0 Å². The molecule has 90 valence electrons. The highest BCUT2D eigenvalue weighted by Gasteiger charge is 2.01. The van der Waals surface area contributed by atoms with Gasteiger partial charge in [0.1, 0.15) is 0 Å². The van der Waals surface area contributed by atoms with Crippen molar-refractivity contribution >= 4 is 11.3 Å². The van der Waals surface area contributed by atoms with Crippen molar-refractivity contribution in [3.63, 3.8) is 0 Å². The molecule has 0 saturated heterocycles. The predicted octanol–water partition coefficient (Wildman–Crippen LogP) is 3.18. The minimum Gasteiger partial charge on any atom is -0.380 e. The van der Waals surface area contributed by atoms with Crippen molar-refractivity contribution in [3.8, 4) is 0 Å². The van der Waals surface area contributed by atoms with Crippen LogP contribution in [0.25, 0.3) is 0 Å². The molecule has 1 aromatic heterocycles. The molecule has 0 amide bonds. The van der Waals surface area contributed by atoms with E-state index in [2.05, 4.69) is 47.1 Å². The first-order valence-corrected chi connectivity index (χ1v) is 6.57. The van der Waals surface area contributed by atoms with E-state index in [1.54, 1.807) is 18.4 Å². The number of hydrogen-bond acceptors (Lipinski definition) is 3. The number of thiophene rings is 1. The lowest BCUT2D eigenvalue weighted by Crippen LogP contribution is -2.13. The van der Waals surface area contributed by atoms with Gasteiger partial charge < -0.3 is 10.1 Å². The highest BCUT2D eigenvalue weighted by Crippen LogP contribution is 2.11. The fourth-order valence-corrected chi connectivity index (χ4v) is 2.43.